The first kappa shape index (κ1) is 29.5. The standard InChI is InChI=1S/2C17H15.C3H7.3CH3.Hf.H2Si/c2*1-12-6-3-9-15(13(12)2)17-11-5-8-14-7-4-10-16(14)17;1-3-2;;;;;/h2*3-11H,1-2H3;1,3H2,2H3;3*1H3;;1H2. The Morgan fingerprint density at radius 3 is 1.36 bits per heavy atom. The third kappa shape index (κ3) is 4.08. The predicted molar refractivity (Wildman–Crippen MR) is 187 cm³/mol. The van der Waals surface area contributed by atoms with E-state index in [1.165, 1.54) is 66.2 Å². The Labute approximate surface area is 250 Å². The number of rotatable bonds is 6. The number of fused-ring (bicyclic) bond motifs is 2. The van der Waals surface area contributed by atoms with Gasteiger partial charge in [0, 0.05) is 0 Å². The van der Waals surface area contributed by atoms with Crippen LogP contribution in [-0.2, 0) is 14.2 Å². The molecule has 42 heavy (non-hydrogen) atoms. The molecule has 0 aromatic heterocycles. The molecule has 4 aromatic carbocycles. The average Bonchev–Trinajstić information content (AvgIpc) is 3.59. The second-order valence-corrected chi connectivity index (χ2v) is 98.9. The Hall–Kier alpha value is -2.55. The van der Waals surface area contributed by atoms with Gasteiger partial charge < -0.3 is 0 Å². The van der Waals surface area contributed by atoms with Crippen LogP contribution in [0.5, 0.6) is 0 Å². The number of benzene rings is 4. The maximum absolute atomic E-state index is 4.88. The summed E-state index contributed by atoms with van der Waals surface area (Å²) in [6.45, 7) is 13.9. The van der Waals surface area contributed by atoms with Gasteiger partial charge in [-0.25, -0.2) is 0 Å². The monoisotopic (exact) mass is 736 g/mol. The Kier molecular flexibility index (Phi) is 6.16. The van der Waals surface area contributed by atoms with E-state index in [0.29, 0.717) is 7.35 Å². The normalized spacial score (nSPS) is 20.0. The molecule has 0 amide bonds. The minimum absolute atomic E-state index is 0.428. The topological polar surface area (TPSA) is 0 Å². The third-order valence-electron chi connectivity index (χ3n) is 12.2. The van der Waals surface area contributed by atoms with Crippen molar-refractivity contribution in [3.8, 4) is 22.3 Å². The first-order valence-corrected chi connectivity index (χ1v) is 41.8. The molecule has 0 heterocycles. The molecular formula is C40H48HfSi. The molecule has 2 aliphatic carbocycles. The second kappa shape index (κ2) is 8.76. The van der Waals surface area contributed by atoms with Crippen LogP contribution in [-0.4, -0.2) is 6.94 Å². The molecule has 2 atom stereocenters. The molecule has 0 spiro atoms. The van der Waals surface area contributed by atoms with Gasteiger partial charge in [0.25, 0.3) is 0 Å². The van der Waals surface area contributed by atoms with Crippen molar-refractivity contribution in [3.63, 3.8) is 0 Å². The van der Waals surface area contributed by atoms with Crippen LogP contribution < -0.4 is 0 Å². The van der Waals surface area contributed by atoms with Gasteiger partial charge in [0.1, 0.15) is 0 Å². The average molecular weight is 735 g/mol. The summed E-state index contributed by atoms with van der Waals surface area (Å²) in [5.74, 6) is 0. The molecule has 0 saturated heterocycles. The van der Waals surface area contributed by atoms with Gasteiger partial charge in [0.2, 0.25) is 0 Å². The van der Waals surface area contributed by atoms with Gasteiger partial charge in [-0.1, -0.05) is 0 Å². The van der Waals surface area contributed by atoms with Crippen molar-refractivity contribution in [2.24, 2.45) is 0 Å². The van der Waals surface area contributed by atoms with Crippen molar-refractivity contribution in [1.29, 1.82) is 0 Å². The van der Waals surface area contributed by atoms with E-state index >= 15 is 0 Å². The van der Waals surface area contributed by atoms with Crippen molar-refractivity contribution in [3.05, 3.63) is 129 Å². The SMILES string of the molecule is CC[CH2][Hf]([CH3])([CH3])([CH3])(=[SiH2])([CH]1C=Cc2c(-c3cccc(C)c3C)cccc21)[CH]1C=Cc2c(-c3cccc(C)c3C)cccc21. The van der Waals surface area contributed by atoms with Crippen LogP contribution in [0.4, 0.5) is 0 Å². The number of hydrogen-bond acceptors (Lipinski definition) is 0. The van der Waals surface area contributed by atoms with Crippen molar-refractivity contribution >= 4 is 19.1 Å². The Bertz CT molecular complexity index is 1850. The molecule has 6 rings (SSSR count). The van der Waals surface area contributed by atoms with E-state index in [9.17, 15) is 0 Å². The number of aryl methyl sites for hydroxylation is 2. The van der Waals surface area contributed by atoms with Gasteiger partial charge >= 0.3 is 252 Å². The molecular weight excluding hydrogens is 687 g/mol. The van der Waals surface area contributed by atoms with E-state index in [1.54, 1.807) is 11.1 Å². The van der Waals surface area contributed by atoms with Gasteiger partial charge in [-0.05, 0) is 0 Å². The van der Waals surface area contributed by atoms with Gasteiger partial charge in [0.05, 0.1) is 0 Å². The zero-order chi connectivity index (χ0) is 30.2. The number of hydrogen-bond donors (Lipinski definition) is 0. The van der Waals surface area contributed by atoms with Crippen molar-refractivity contribution < 1.29 is 14.2 Å². The number of allylic oxidation sites excluding steroid dienone is 2. The predicted octanol–water partition coefficient (Wildman–Crippen LogP) is 11.4. The molecule has 2 heteroatoms. The summed E-state index contributed by atoms with van der Waals surface area (Å²) in [4.78, 5) is 0. The fourth-order valence-corrected chi connectivity index (χ4v) is 51.1. The van der Waals surface area contributed by atoms with Crippen LogP contribution in [0, 0.1) is 27.7 Å². The third-order valence-corrected chi connectivity index (χ3v) is 58.8. The Balaban J connectivity index is 1.58. The molecule has 4 aromatic rings. The zero-order valence-corrected chi connectivity index (χ0v) is 32.0. The Morgan fingerprint density at radius 2 is 0.952 bits per heavy atom. The van der Waals surface area contributed by atoms with E-state index in [-0.39, 0.29) is 0 Å². The Morgan fingerprint density at radius 1 is 0.571 bits per heavy atom. The van der Waals surface area contributed by atoms with Gasteiger partial charge in [-0.15, -0.1) is 0 Å². The van der Waals surface area contributed by atoms with Crippen LogP contribution in [0.1, 0.15) is 65.2 Å². The van der Waals surface area contributed by atoms with E-state index in [2.05, 4.69) is 153 Å². The van der Waals surface area contributed by atoms with Crippen molar-refractivity contribution in [2.45, 2.75) is 66.6 Å². The summed E-state index contributed by atoms with van der Waals surface area (Å²) in [7, 11) is 0. The molecule has 0 bridgehead atoms. The molecule has 2 unspecified atom stereocenters. The van der Waals surface area contributed by atoms with Crippen LogP contribution in [0.3, 0.4) is 0 Å². The molecule has 216 valence electrons. The molecule has 0 nitrogen and oxygen atoms in total. The van der Waals surface area contributed by atoms with Crippen LogP contribution >= 0.6 is 0 Å². The molecule has 0 radical (unpaired) electrons. The first-order valence-electron chi connectivity index (χ1n) is 16.0. The molecule has 0 aliphatic heterocycles. The van der Waals surface area contributed by atoms with Gasteiger partial charge in [0.15, 0.2) is 0 Å². The van der Waals surface area contributed by atoms with Crippen molar-refractivity contribution in [1.82, 2.24) is 0 Å². The molecule has 0 N–H and O–H groups in total. The molecule has 2 aliphatic rings. The molecule has 0 saturated carbocycles. The zero-order valence-electron chi connectivity index (χ0n) is 27.0. The molecule has 0 fully saturated rings. The van der Waals surface area contributed by atoms with Crippen LogP contribution in [0.25, 0.3) is 34.4 Å². The summed E-state index contributed by atoms with van der Waals surface area (Å²) in [5.41, 5.74) is 17.0. The maximum atomic E-state index is 2.81. The minimum atomic E-state index is -4.88. The summed E-state index contributed by atoms with van der Waals surface area (Å²) in [6.07, 6.45) is 11.4. The van der Waals surface area contributed by atoms with E-state index in [1.807, 2.05) is 0 Å². The van der Waals surface area contributed by atoms with E-state index < -0.39 is 14.2 Å². The van der Waals surface area contributed by atoms with Gasteiger partial charge in [-0.2, -0.15) is 0 Å². The van der Waals surface area contributed by atoms with E-state index in [4.69, 9.17) is 0 Å². The first-order chi connectivity index (χ1) is 19.6. The van der Waals surface area contributed by atoms with Crippen LogP contribution in [0.15, 0.2) is 84.9 Å². The quantitative estimate of drug-likeness (QED) is 0.173. The second-order valence-electron chi connectivity index (χ2n) is 17.1. The summed E-state index contributed by atoms with van der Waals surface area (Å²) >= 11 is -4.88. The fraction of sp³-hybridized carbons (Fsp3) is 0.300. The van der Waals surface area contributed by atoms with Gasteiger partial charge in [-0.3, -0.25) is 0 Å². The van der Waals surface area contributed by atoms with Crippen molar-refractivity contribution in [2.75, 3.05) is 0 Å². The summed E-state index contributed by atoms with van der Waals surface area (Å²) in [6, 6.07) is 27.7. The van der Waals surface area contributed by atoms with E-state index in [0.717, 1.165) is 0 Å². The van der Waals surface area contributed by atoms with Crippen LogP contribution in [0.2, 0.25) is 18.2 Å². The fourth-order valence-electron chi connectivity index (χ4n) is 9.46. The summed E-state index contributed by atoms with van der Waals surface area (Å²) < 4.78 is 10.6. The summed E-state index contributed by atoms with van der Waals surface area (Å²) in [5, 5.41) is 0.